The van der Waals surface area contributed by atoms with Crippen LogP contribution in [0.15, 0.2) is 53.7 Å². The van der Waals surface area contributed by atoms with Crippen molar-refractivity contribution in [1.29, 1.82) is 0 Å². The Morgan fingerprint density at radius 2 is 1.89 bits per heavy atom. The number of aromatic nitrogens is 2. The van der Waals surface area contributed by atoms with Crippen molar-refractivity contribution in [2.75, 3.05) is 51.8 Å². The summed E-state index contributed by atoms with van der Waals surface area (Å²) in [5.41, 5.74) is 4.15. The summed E-state index contributed by atoms with van der Waals surface area (Å²) in [6.07, 6.45) is 5.65. The molecule has 1 N–H and O–H groups in total. The normalized spacial score (nSPS) is 18.5. The second-order valence-electron chi connectivity index (χ2n) is 9.70. The molecule has 0 spiro atoms. The van der Waals surface area contributed by atoms with E-state index in [1.54, 1.807) is 22.6 Å². The van der Waals surface area contributed by atoms with Crippen LogP contribution >= 0.6 is 0 Å². The molecule has 2 aliphatic heterocycles. The first kappa shape index (κ1) is 27.3. The van der Waals surface area contributed by atoms with Crippen molar-refractivity contribution in [1.82, 2.24) is 24.1 Å². The van der Waals surface area contributed by atoms with Gasteiger partial charge < -0.3 is 19.9 Å². The predicted octanol–water partition coefficient (Wildman–Crippen LogP) is 3.84. The summed E-state index contributed by atoms with van der Waals surface area (Å²) in [6.45, 7) is 14.0. The maximum Gasteiger partial charge on any atom is 0.243 e. The molecule has 3 heterocycles. The molecular formula is C27H38N6O3S. The van der Waals surface area contributed by atoms with Crippen molar-refractivity contribution in [3.8, 4) is 0 Å². The Morgan fingerprint density at radius 1 is 1.19 bits per heavy atom. The summed E-state index contributed by atoms with van der Waals surface area (Å²) in [4.78, 5) is 13.9. The minimum Gasteiger partial charge on any atom is -0.381 e. The molecule has 37 heavy (non-hydrogen) atoms. The number of nitrogens with zero attached hydrogens (tertiary/aromatic N) is 5. The van der Waals surface area contributed by atoms with E-state index >= 15 is 0 Å². The van der Waals surface area contributed by atoms with Gasteiger partial charge in [0, 0.05) is 63.0 Å². The standard InChI is InChI=1S/C27H38N6O3S/c1-6-25(33(20(2)3)23-10-17-36-18-11-23)24-9-12-28-27(30-24)29-22-7-8-26(21(4)19-22)37(34,35)32-15-13-31(5)14-16-32/h6-9,12,19,23H,2,10-11,13-18H2,1,3-5H3,(H,28,29,30)/b25-6-. The van der Waals surface area contributed by atoms with Crippen LogP contribution in [-0.2, 0) is 14.8 Å². The number of rotatable bonds is 8. The lowest BCUT2D eigenvalue weighted by Crippen LogP contribution is -2.47. The van der Waals surface area contributed by atoms with Crippen molar-refractivity contribution < 1.29 is 13.2 Å². The topological polar surface area (TPSA) is 90.9 Å². The first-order valence-electron chi connectivity index (χ1n) is 12.8. The first-order valence-corrected chi connectivity index (χ1v) is 14.2. The maximum absolute atomic E-state index is 13.2. The number of sulfonamides is 1. The lowest BCUT2D eigenvalue weighted by atomic mass is 10.0. The number of nitrogens with one attached hydrogen (secondary N) is 1. The highest BCUT2D eigenvalue weighted by molar-refractivity contribution is 7.89. The molecule has 2 aromatic rings. The van der Waals surface area contributed by atoms with E-state index < -0.39 is 10.0 Å². The van der Waals surface area contributed by atoms with Gasteiger partial charge in [0.05, 0.1) is 16.3 Å². The molecule has 10 heteroatoms. The van der Waals surface area contributed by atoms with E-state index in [4.69, 9.17) is 9.72 Å². The van der Waals surface area contributed by atoms with Crippen molar-refractivity contribution in [3.63, 3.8) is 0 Å². The van der Waals surface area contributed by atoms with Crippen LogP contribution in [-0.4, -0.2) is 85.0 Å². The fourth-order valence-corrected chi connectivity index (χ4v) is 6.57. The number of anilines is 2. The second kappa shape index (κ2) is 11.7. The van der Waals surface area contributed by atoms with E-state index in [0.29, 0.717) is 35.5 Å². The molecule has 0 bridgehead atoms. The van der Waals surface area contributed by atoms with Crippen molar-refractivity contribution >= 4 is 27.4 Å². The fourth-order valence-electron chi connectivity index (χ4n) is 4.94. The van der Waals surface area contributed by atoms with Crippen LogP contribution in [0.5, 0.6) is 0 Å². The van der Waals surface area contributed by atoms with Crippen LogP contribution in [0.25, 0.3) is 5.70 Å². The number of hydrogen-bond acceptors (Lipinski definition) is 8. The Hall–Kier alpha value is -2.79. The third-order valence-corrected chi connectivity index (χ3v) is 8.99. The summed E-state index contributed by atoms with van der Waals surface area (Å²) in [5, 5.41) is 3.25. The van der Waals surface area contributed by atoms with E-state index in [-0.39, 0.29) is 0 Å². The Labute approximate surface area is 220 Å². The molecule has 1 aromatic heterocycles. The molecule has 0 unspecified atom stereocenters. The summed E-state index contributed by atoms with van der Waals surface area (Å²) < 4.78 is 33.6. The SMILES string of the molecule is C=C(C)N(/C(=C\C)c1ccnc(Nc2ccc(S(=O)(=O)N3CCN(C)CC3)c(C)c2)n1)C1CCOCC1. The van der Waals surface area contributed by atoms with Gasteiger partial charge >= 0.3 is 0 Å². The molecule has 2 saturated heterocycles. The number of piperazine rings is 1. The molecule has 2 fully saturated rings. The minimum atomic E-state index is -3.54. The van der Waals surface area contributed by atoms with Crippen molar-refractivity contribution in [2.45, 2.75) is 44.6 Å². The largest absolute Gasteiger partial charge is 0.381 e. The predicted molar refractivity (Wildman–Crippen MR) is 147 cm³/mol. The van der Waals surface area contributed by atoms with Gasteiger partial charge in [0.25, 0.3) is 0 Å². The van der Waals surface area contributed by atoms with E-state index in [2.05, 4.69) is 32.8 Å². The van der Waals surface area contributed by atoms with Gasteiger partial charge in [0.15, 0.2) is 0 Å². The minimum absolute atomic E-state index is 0.307. The smallest absolute Gasteiger partial charge is 0.243 e. The monoisotopic (exact) mass is 526 g/mol. The molecule has 0 radical (unpaired) electrons. The van der Waals surface area contributed by atoms with Crippen LogP contribution in [0.2, 0.25) is 0 Å². The molecule has 0 atom stereocenters. The van der Waals surface area contributed by atoms with Crippen LogP contribution in [0.1, 0.15) is 37.9 Å². The average Bonchev–Trinajstić information content (AvgIpc) is 2.88. The zero-order chi connectivity index (χ0) is 26.6. The maximum atomic E-state index is 13.2. The highest BCUT2D eigenvalue weighted by atomic mass is 32.2. The van der Waals surface area contributed by atoms with Gasteiger partial charge in [0.2, 0.25) is 16.0 Å². The lowest BCUT2D eigenvalue weighted by molar-refractivity contribution is 0.0599. The summed E-state index contributed by atoms with van der Waals surface area (Å²) in [7, 11) is -1.53. The summed E-state index contributed by atoms with van der Waals surface area (Å²) in [6, 6.07) is 7.47. The molecule has 2 aliphatic rings. The van der Waals surface area contributed by atoms with Crippen LogP contribution in [0, 0.1) is 6.92 Å². The molecule has 0 amide bonds. The number of hydrogen-bond donors (Lipinski definition) is 1. The molecule has 9 nitrogen and oxygen atoms in total. The Kier molecular flexibility index (Phi) is 8.63. The van der Waals surface area contributed by atoms with Crippen LogP contribution < -0.4 is 5.32 Å². The van der Waals surface area contributed by atoms with Gasteiger partial charge in [-0.05, 0) is 70.5 Å². The fraction of sp³-hybridized carbons (Fsp3) is 0.481. The Bertz CT molecular complexity index is 1250. The van der Waals surface area contributed by atoms with E-state index in [1.165, 1.54) is 0 Å². The van der Waals surface area contributed by atoms with Crippen molar-refractivity contribution in [3.05, 3.63) is 60.1 Å². The van der Waals surface area contributed by atoms with Gasteiger partial charge in [-0.2, -0.15) is 4.31 Å². The number of allylic oxidation sites excluding steroid dienone is 2. The zero-order valence-electron chi connectivity index (χ0n) is 22.3. The lowest BCUT2D eigenvalue weighted by Gasteiger charge is -2.37. The highest BCUT2D eigenvalue weighted by Gasteiger charge is 2.29. The average molecular weight is 527 g/mol. The molecule has 0 saturated carbocycles. The van der Waals surface area contributed by atoms with Gasteiger partial charge in [-0.3, -0.25) is 0 Å². The van der Waals surface area contributed by atoms with E-state index in [9.17, 15) is 8.42 Å². The van der Waals surface area contributed by atoms with E-state index in [1.807, 2.05) is 40.0 Å². The third-order valence-electron chi connectivity index (χ3n) is 6.93. The Morgan fingerprint density at radius 3 is 2.51 bits per heavy atom. The van der Waals surface area contributed by atoms with Gasteiger partial charge in [-0.25, -0.2) is 18.4 Å². The molecule has 0 aliphatic carbocycles. The highest BCUT2D eigenvalue weighted by Crippen LogP contribution is 2.30. The second-order valence-corrected chi connectivity index (χ2v) is 11.6. The quantitative estimate of drug-likeness (QED) is 0.555. The van der Waals surface area contributed by atoms with Gasteiger partial charge in [-0.15, -0.1) is 0 Å². The van der Waals surface area contributed by atoms with Crippen LogP contribution in [0.3, 0.4) is 0 Å². The van der Waals surface area contributed by atoms with Crippen molar-refractivity contribution in [2.24, 2.45) is 0 Å². The van der Waals surface area contributed by atoms with E-state index in [0.717, 1.165) is 61.9 Å². The Balaban J connectivity index is 1.54. The zero-order valence-corrected chi connectivity index (χ0v) is 23.1. The molecule has 200 valence electrons. The molecular weight excluding hydrogens is 488 g/mol. The number of likely N-dealkylation sites (N-methyl/N-ethyl adjacent to an activating group) is 1. The van der Waals surface area contributed by atoms with Gasteiger partial charge in [-0.1, -0.05) is 12.7 Å². The van der Waals surface area contributed by atoms with Crippen LogP contribution in [0.4, 0.5) is 11.6 Å². The molecule has 4 rings (SSSR count). The molecule has 1 aromatic carbocycles. The summed E-state index contributed by atoms with van der Waals surface area (Å²) in [5.74, 6) is 0.444. The summed E-state index contributed by atoms with van der Waals surface area (Å²) >= 11 is 0. The number of ether oxygens (including phenoxy) is 1. The van der Waals surface area contributed by atoms with Gasteiger partial charge in [0.1, 0.15) is 0 Å². The first-order chi connectivity index (χ1) is 17.7. The third kappa shape index (κ3) is 6.20. The number of benzene rings is 1. The number of aryl methyl sites for hydroxylation is 1.